The smallest absolute Gasteiger partial charge is 0.143 e. The van der Waals surface area contributed by atoms with Gasteiger partial charge in [-0.2, -0.15) is 0 Å². The summed E-state index contributed by atoms with van der Waals surface area (Å²) in [6.45, 7) is 0. The average Bonchev–Trinajstić information content (AvgIpc) is 3.91. The molecule has 296 valence electrons. The van der Waals surface area contributed by atoms with Crippen LogP contribution in [0.4, 0.5) is 17.1 Å². The molecule has 0 N–H and O–H groups in total. The maximum Gasteiger partial charge on any atom is 0.143 e. The Kier molecular flexibility index (Phi) is 8.83. The van der Waals surface area contributed by atoms with Gasteiger partial charge in [0.2, 0.25) is 0 Å². The van der Waals surface area contributed by atoms with Gasteiger partial charge in [0.15, 0.2) is 0 Å². The monoisotopic (exact) mass is 804 g/mol. The number of benzene rings is 10. The Bertz CT molecular complexity index is 3620. The highest BCUT2D eigenvalue weighted by Gasteiger charge is 2.23. The molecule has 0 amide bonds. The maximum atomic E-state index is 6.57. The van der Waals surface area contributed by atoms with Crippen molar-refractivity contribution < 1.29 is 4.42 Å². The Hall–Kier alpha value is -8.40. The average molecular weight is 805 g/mol. The molecule has 3 nitrogen and oxygen atoms in total. The SMILES string of the molecule is c1ccc(-c2ccccc2-c2ccccc2-n2c3ccccc3c3ccc(N(c4ccccc4)c4ccc(-c5cccc6c5oc5ccccc56)cc4-c4ccccc4)cc32)cc1. The Morgan fingerprint density at radius 2 is 0.905 bits per heavy atom. The second-order valence-electron chi connectivity index (χ2n) is 16.0. The van der Waals surface area contributed by atoms with Gasteiger partial charge in [-0.1, -0.05) is 188 Å². The number of aromatic nitrogens is 1. The van der Waals surface area contributed by atoms with Crippen LogP contribution in [-0.4, -0.2) is 4.57 Å². The van der Waals surface area contributed by atoms with Crippen molar-refractivity contribution in [3.63, 3.8) is 0 Å². The van der Waals surface area contributed by atoms with Gasteiger partial charge in [-0.25, -0.2) is 0 Å². The van der Waals surface area contributed by atoms with E-state index < -0.39 is 0 Å². The lowest BCUT2D eigenvalue weighted by atomic mass is 9.93. The molecule has 0 radical (unpaired) electrons. The molecule has 12 aromatic rings. The van der Waals surface area contributed by atoms with Crippen LogP contribution in [0.3, 0.4) is 0 Å². The standard InChI is InChI=1S/C60H40N2O/c1-4-19-41(20-5-1)46-25-10-11-26-48(46)49-27-12-15-32-55(49)62-56-33-16-13-28-50(56)51-37-36-45(40-58(51)62)61(44-23-8-3-9-24-44)57-38-35-43(39-54(57)42-21-6-2-7-22-42)47-30-18-31-53-52-29-14-17-34-59(52)63-60(47)53/h1-40H. The summed E-state index contributed by atoms with van der Waals surface area (Å²) in [5.74, 6) is 0. The minimum atomic E-state index is 0.894. The lowest BCUT2D eigenvalue weighted by Gasteiger charge is -2.28. The Morgan fingerprint density at radius 1 is 0.317 bits per heavy atom. The van der Waals surface area contributed by atoms with E-state index in [4.69, 9.17) is 4.42 Å². The van der Waals surface area contributed by atoms with Crippen molar-refractivity contribution in [2.45, 2.75) is 0 Å². The molecule has 0 bridgehead atoms. The molecule has 0 saturated carbocycles. The Balaban J connectivity index is 1.09. The molecule has 2 aromatic heterocycles. The zero-order chi connectivity index (χ0) is 41.7. The molecule has 10 aromatic carbocycles. The first kappa shape index (κ1) is 36.5. The highest BCUT2D eigenvalue weighted by molar-refractivity contribution is 6.12. The van der Waals surface area contributed by atoms with E-state index in [0.717, 1.165) is 78.0 Å². The second kappa shape index (κ2) is 15.3. The summed E-state index contributed by atoms with van der Waals surface area (Å²) >= 11 is 0. The van der Waals surface area contributed by atoms with Crippen LogP contribution in [0.25, 0.3) is 93.9 Å². The summed E-state index contributed by atoms with van der Waals surface area (Å²) in [7, 11) is 0. The molecule has 12 rings (SSSR count). The molecule has 0 unspecified atom stereocenters. The molecule has 0 aliphatic carbocycles. The van der Waals surface area contributed by atoms with Gasteiger partial charge < -0.3 is 13.9 Å². The first-order valence-corrected chi connectivity index (χ1v) is 21.5. The van der Waals surface area contributed by atoms with Gasteiger partial charge in [0, 0.05) is 49.6 Å². The molecule has 0 fully saturated rings. The van der Waals surface area contributed by atoms with E-state index in [1.165, 1.54) is 33.0 Å². The highest BCUT2D eigenvalue weighted by atomic mass is 16.3. The zero-order valence-corrected chi connectivity index (χ0v) is 34.4. The number of rotatable bonds is 8. The van der Waals surface area contributed by atoms with Gasteiger partial charge in [-0.05, 0) is 82.4 Å². The van der Waals surface area contributed by atoms with Crippen molar-refractivity contribution in [1.82, 2.24) is 4.57 Å². The highest BCUT2D eigenvalue weighted by Crippen LogP contribution is 2.46. The van der Waals surface area contributed by atoms with Crippen molar-refractivity contribution in [3.8, 4) is 50.2 Å². The fraction of sp³-hybridized carbons (Fsp3) is 0. The van der Waals surface area contributed by atoms with Crippen molar-refractivity contribution in [2.75, 3.05) is 4.90 Å². The van der Waals surface area contributed by atoms with Crippen molar-refractivity contribution in [1.29, 1.82) is 0 Å². The van der Waals surface area contributed by atoms with Crippen molar-refractivity contribution in [3.05, 3.63) is 243 Å². The second-order valence-corrected chi connectivity index (χ2v) is 16.0. The first-order chi connectivity index (χ1) is 31.3. The number of hydrogen-bond acceptors (Lipinski definition) is 2. The lowest BCUT2D eigenvalue weighted by molar-refractivity contribution is 0.670. The zero-order valence-electron chi connectivity index (χ0n) is 34.4. The summed E-state index contributed by atoms with van der Waals surface area (Å²) in [6.07, 6.45) is 0. The van der Waals surface area contributed by atoms with E-state index in [9.17, 15) is 0 Å². The molecule has 2 heterocycles. The van der Waals surface area contributed by atoms with Crippen LogP contribution in [-0.2, 0) is 0 Å². The van der Waals surface area contributed by atoms with Crippen LogP contribution in [0.5, 0.6) is 0 Å². The quantitative estimate of drug-likeness (QED) is 0.153. The summed E-state index contributed by atoms with van der Waals surface area (Å²) in [6, 6.07) is 87.1. The fourth-order valence-corrected chi connectivity index (χ4v) is 9.57. The van der Waals surface area contributed by atoms with Crippen LogP contribution in [0.15, 0.2) is 247 Å². The number of hydrogen-bond donors (Lipinski definition) is 0. The van der Waals surface area contributed by atoms with Crippen LogP contribution in [0.1, 0.15) is 0 Å². The molecule has 0 aliphatic rings. The molecule has 0 saturated heterocycles. The lowest BCUT2D eigenvalue weighted by Crippen LogP contribution is -2.11. The third-order valence-corrected chi connectivity index (χ3v) is 12.4. The van der Waals surface area contributed by atoms with Crippen LogP contribution < -0.4 is 4.90 Å². The van der Waals surface area contributed by atoms with E-state index in [-0.39, 0.29) is 0 Å². The van der Waals surface area contributed by atoms with E-state index in [0.29, 0.717) is 0 Å². The maximum absolute atomic E-state index is 6.57. The van der Waals surface area contributed by atoms with Crippen LogP contribution >= 0.6 is 0 Å². The number of nitrogens with zero attached hydrogens (tertiary/aromatic N) is 2. The topological polar surface area (TPSA) is 21.3 Å². The molecular weight excluding hydrogens is 765 g/mol. The minimum absolute atomic E-state index is 0.894. The normalized spacial score (nSPS) is 11.5. The number of anilines is 3. The van der Waals surface area contributed by atoms with Crippen molar-refractivity contribution in [2.24, 2.45) is 0 Å². The van der Waals surface area contributed by atoms with Gasteiger partial charge in [0.1, 0.15) is 11.2 Å². The van der Waals surface area contributed by atoms with Gasteiger partial charge in [-0.15, -0.1) is 0 Å². The summed E-state index contributed by atoms with van der Waals surface area (Å²) in [5.41, 5.74) is 17.6. The Labute approximate surface area is 366 Å². The van der Waals surface area contributed by atoms with E-state index >= 15 is 0 Å². The molecule has 0 atom stereocenters. The molecule has 0 aliphatic heterocycles. The van der Waals surface area contributed by atoms with Gasteiger partial charge in [0.25, 0.3) is 0 Å². The predicted octanol–water partition coefficient (Wildman–Crippen LogP) is 16.8. The molecular formula is C60H40N2O. The molecule has 0 spiro atoms. The minimum Gasteiger partial charge on any atom is -0.455 e. The van der Waals surface area contributed by atoms with Crippen LogP contribution in [0.2, 0.25) is 0 Å². The number of fused-ring (bicyclic) bond motifs is 6. The summed E-state index contributed by atoms with van der Waals surface area (Å²) in [4.78, 5) is 2.41. The summed E-state index contributed by atoms with van der Waals surface area (Å²) in [5, 5.41) is 4.66. The van der Waals surface area contributed by atoms with Gasteiger partial charge in [-0.3, -0.25) is 0 Å². The third kappa shape index (κ3) is 6.21. The summed E-state index contributed by atoms with van der Waals surface area (Å²) < 4.78 is 9.03. The van der Waals surface area contributed by atoms with Gasteiger partial charge >= 0.3 is 0 Å². The number of para-hydroxylation sites is 5. The van der Waals surface area contributed by atoms with E-state index in [1.54, 1.807) is 0 Å². The first-order valence-electron chi connectivity index (χ1n) is 21.5. The van der Waals surface area contributed by atoms with Crippen LogP contribution in [0, 0.1) is 0 Å². The Morgan fingerprint density at radius 3 is 1.70 bits per heavy atom. The largest absolute Gasteiger partial charge is 0.455 e. The fourth-order valence-electron chi connectivity index (χ4n) is 9.57. The van der Waals surface area contributed by atoms with E-state index in [1.807, 2.05) is 12.1 Å². The third-order valence-electron chi connectivity index (χ3n) is 12.4. The van der Waals surface area contributed by atoms with E-state index in [2.05, 4.69) is 240 Å². The predicted molar refractivity (Wildman–Crippen MR) is 264 cm³/mol. The molecule has 63 heavy (non-hydrogen) atoms. The van der Waals surface area contributed by atoms with Crippen molar-refractivity contribution >= 4 is 60.8 Å². The van der Waals surface area contributed by atoms with Gasteiger partial charge in [0.05, 0.1) is 22.4 Å². The number of furan rings is 1. The molecule has 3 heteroatoms.